The van der Waals surface area contributed by atoms with E-state index in [1.165, 1.54) is 19.4 Å². The summed E-state index contributed by atoms with van der Waals surface area (Å²) >= 11 is 0. The lowest BCUT2D eigenvalue weighted by atomic mass is 10.1. The van der Waals surface area contributed by atoms with E-state index in [1.807, 2.05) is 30.3 Å². The van der Waals surface area contributed by atoms with Crippen molar-refractivity contribution in [2.24, 2.45) is 0 Å². The number of methoxy groups -OCH3 is 1. The molecular weight excluding hydrogens is 405 g/mol. The van der Waals surface area contributed by atoms with E-state index < -0.39 is 23.4 Å². The fourth-order valence-electron chi connectivity index (χ4n) is 2.57. The summed E-state index contributed by atoms with van der Waals surface area (Å²) in [6.07, 6.45) is 0.254. The zero-order chi connectivity index (χ0) is 22.6. The lowest BCUT2D eigenvalue weighted by molar-refractivity contribution is 0.0547. The number of carbonyl (C=O) groups is 2. The fourth-order valence-corrected chi connectivity index (χ4v) is 2.57. The van der Waals surface area contributed by atoms with Crippen molar-refractivity contribution < 1.29 is 23.5 Å². The molecule has 3 aromatic rings. The predicted octanol–water partition coefficient (Wildman–Crippen LogP) is 3.71. The lowest BCUT2D eigenvalue weighted by Gasteiger charge is -2.27. The number of halogens is 1. The van der Waals surface area contributed by atoms with Crippen LogP contribution in [-0.4, -0.2) is 39.9 Å². The number of benzene rings is 1. The molecule has 31 heavy (non-hydrogen) atoms. The van der Waals surface area contributed by atoms with E-state index in [0.29, 0.717) is 5.69 Å². The van der Waals surface area contributed by atoms with Gasteiger partial charge >= 0.3 is 6.09 Å². The van der Waals surface area contributed by atoms with Crippen LogP contribution in [0, 0.1) is 5.82 Å². The molecule has 2 heterocycles. The summed E-state index contributed by atoms with van der Waals surface area (Å²) in [7, 11) is 1.26. The van der Waals surface area contributed by atoms with E-state index >= 15 is 0 Å². The van der Waals surface area contributed by atoms with Crippen LogP contribution in [0.4, 0.5) is 14.9 Å². The van der Waals surface area contributed by atoms with Gasteiger partial charge in [0.05, 0.1) is 24.7 Å². The number of anilines is 1. The number of hydrogen-bond acceptors (Lipinski definition) is 6. The largest absolute Gasteiger partial charge is 0.479 e. The Hall–Kier alpha value is -3.95. The topological polar surface area (TPSA) is 109 Å². The van der Waals surface area contributed by atoms with Gasteiger partial charge in [0.25, 0.3) is 5.91 Å². The van der Waals surface area contributed by atoms with Crippen LogP contribution in [0.1, 0.15) is 31.3 Å². The van der Waals surface area contributed by atoms with Gasteiger partial charge in [-0.3, -0.25) is 15.3 Å². The summed E-state index contributed by atoms with van der Waals surface area (Å²) in [4.78, 5) is 29.3. The molecule has 0 fully saturated rings. The summed E-state index contributed by atoms with van der Waals surface area (Å²) in [5.41, 5.74) is 2.94. The van der Waals surface area contributed by atoms with Gasteiger partial charge in [-0.2, -0.15) is 10.1 Å². The lowest BCUT2D eigenvalue weighted by Crippen LogP contribution is -2.48. The van der Waals surface area contributed by atoms with Crippen molar-refractivity contribution in [1.82, 2.24) is 20.6 Å². The minimum Gasteiger partial charge on any atom is -0.479 e. The van der Waals surface area contributed by atoms with Gasteiger partial charge in [-0.15, -0.1) is 0 Å². The number of H-pyrrole nitrogens is 1. The van der Waals surface area contributed by atoms with Gasteiger partial charge in [0, 0.05) is 11.6 Å². The molecular formula is C21H22FN5O4. The second-order valence-electron chi connectivity index (χ2n) is 7.47. The Labute approximate surface area is 178 Å². The molecule has 0 unspecified atom stereocenters. The standard InChI is InChI=1S/C21H22FN5O4/c1-21(2,3)31-20(29)27(14-10-15(22)19(30-4)23-12-14)26-18(28)17-11-16(24-25-17)13-8-6-5-7-9-13/h5-12H,1-4H3,(H,24,25)(H,26,28). The second kappa shape index (κ2) is 8.82. The van der Waals surface area contributed by atoms with E-state index in [0.717, 1.165) is 16.6 Å². The number of ether oxygens (including phenoxy) is 2. The van der Waals surface area contributed by atoms with Gasteiger partial charge in [-0.05, 0) is 26.8 Å². The number of rotatable bonds is 4. The molecule has 2 amide bonds. The van der Waals surface area contributed by atoms with Gasteiger partial charge < -0.3 is 9.47 Å². The molecule has 0 saturated heterocycles. The van der Waals surface area contributed by atoms with Crippen molar-refractivity contribution in [2.75, 3.05) is 12.1 Å². The normalized spacial score (nSPS) is 11.0. The highest BCUT2D eigenvalue weighted by Crippen LogP contribution is 2.22. The van der Waals surface area contributed by atoms with Gasteiger partial charge in [-0.1, -0.05) is 30.3 Å². The Kier molecular flexibility index (Phi) is 6.19. The molecule has 2 N–H and O–H groups in total. The highest BCUT2D eigenvalue weighted by molar-refractivity contribution is 5.99. The van der Waals surface area contributed by atoms with E-state index in [9.17, 15) is 14.0 Å². The third kappa shape index (κ3) is 5.35. The number of aromatic nitrogens is 3. The molecule has 162 valence electrons. The number of pyridine rings is 1. The van der Waals surface area contributed by atoms with Crippen molar-refractivity contribution in [2.45, 2.75) is 26.4 Å². The number of nitrogens with zero attached hydrogens (tertiary/aromatic N) is 3. The van der Waals surface area contributed by atoms with Crippen molar-refractivity contribution in [3.8, 4) is 17.1 Å². The minimum absolute atomic E-state index is 0.0521. The molecule has 2 aromatic heterocycles. The van der Waals surface area contributed by atoms with Crippen LogP contribution in [0.15, 0.2) is 48.7 Å². The van der Waals surface area contributed by atoms with Crippen LogP contribution in [-0.2, 0) is 4.74 Å². The molecule has 1 aromatic carbocycles. The molecule has 9 nitrogen and oxygen atoms in total. The van der Waals surface area contributed by atoms with Crippen molar-refractivity contribution >= 4 is 17.7 Å². The molecule has 0 bridgehead atoms. The maximum Gasteiger partial charge on any atom is 0.434 e. The maximum absolute atomic E-state index is 14.2. The summed E-state index contributed by atoms with van der Waals surface area (Å²) < 4.78 is 24.3. The average Bonchev–Trinajstić information content (AvgIpc) is 3.21. The number of carbonyl (C=O) groups excluding carboxylic acids is 2. The second-order valence-corrected chi connectivity index (χ2v) is 7.47. The van der Waals surface area contributed by atoms with Gasteiger partial charge in [0.1, 0.15) is 11.3 Å². The third-order valence-corrected chi connectivity index (χ3v) is 3.93. The van der Waals surface area contributed by atoms with Crippen molar-refractivity contribution in [3.63, 3.8) is 0 Å². The van der Waals surface area contributed by atoms with E-state index in [4.69, 9.17) is 9.47 Å². The zero-order valence-electron chi connectivity index (χ0n) is 17.5. The monoisotopic (exact) mass is 427 g/mol. The van der Waals surface area contributed by atoms with Crippen LogP contribution in [0.5, 0.6) is 5.88 Å². The Morgan fingerprint density at radius 2 is 1.87 bits per heavy atom. The van der Waals surface area contributed by atoms with Gasteiger partial charge in [-0.25, -0.2) is 14.2 Å². The molecule has 0 saturated carbocycles. The number of amides is 2. The van der Waals surface area contributed by atoms with Crippen LogP contribution < -0.4 is 15.2 Å². The molecule has 0 spiro atoms. The summed E-state index contributed by atoms with van der Waals surface area (Å²) in [5, 5.41) is 7.52. The third-order valence-electron chi connectivity index (χ3n) is 3.93. The number of nitrogens with one attached hydrogen (secondary N) is 2. The number of hydrogen-bond donors (Lipinski definition) is 2. The van der Waals surface area contributed by atoms with E-state index in [-0.39, 0.29) is 17.3 Å². The Morgan fingerprint density at radius 3 is 2.48 bits per heavy atom. The molecule has 3 rings (SSSR count). The first-order valence-electron chi connectivity index (χ1n) is 9.32. The first-order chi connectivity index (χ1) is 14.7. The Bertz CT molecular complexity index is 1080. The first-order valence-corrected chi connectivity index (χ1v) is 9.32. The summed E-state index contributed by atoms with van der Waals surface area (Å²) in [6, 6.07) is 11.8. The van der Waals surface area contributed by atoms with Crippen molar-refractivity contribution in [1.29, 1.82) is 0 Å². The highest BCUT2D eigenvalue weighted by atomic mass is 19.1. The van der Waals surface area contributed by atoms with Crippen LogP contribution in [0.2, 0.25) is 0 Å². The van der Waals surface area contributed by atoms with Crippen molar-refractivity contribution in [3.05, 3.63) is 60.2 Å². The summed E-state index contributed by atoms with van der Waals surface area (Å²) in [6.45, 7) is 5.00. The zero-order valence-corrected chi connectivity index (χ0v) is 17.5. The van der Waals surface area contributed by atoms with Crippen LogP contribution >= 0.6 is 0 Å². The number of aromatic amines is 1. The van der Waals surface area contributed by atoms with Crippen LogP contribution in [0.25, 0.3) is 11.3 Å². The van der Waals surface area contributed by atoms with Gasteiger partial charge in [0.2, 0.25) is 5.88 Å². The SMILES string of the molecule is COc1ncc(N(NC(=O)c2cc(-c3ccccc3)n[nH]2)C(=O)OC(C)(C)C)cc1F. The first kappa shape index (κ1) is 21.8. The Balaban J connectivity index is 1.87. The fraction of sp³-hybridized carbons (Fsp3) is 0.238. The summed E-state index contributed by atoms with van der Waals surface area (Å²) in [5.74, 6) is -1.74. The molecule has 10 heteroatoms. The van der Waals surface area contributed by atoms with Crippen LogP contribution in [0.3, 0.4) is 0 Å². The number of hydrazine groups is 1. The quantitative estimate of drug-likeness (QED) is 0.615. The van der Waals surface area contributed by atoms with E-state index in [1.54, 1.807) is 20.8 Å². The average molecular weight is 427 g/mol. The molecule has 0 radical (unpaired) electrons. The Morgan fingerprint density at radius 1 is 1.16 bits per heavy atom. The molecule has 0 aliphatic heterocycles. The van der Waals surface area contributed by atoms with E-state index in [2.05, 4.69) is 20.6 Å². The molecule has 0 atom stereocenters. The molecule has 0 aliphatic carbocycles. The smallest absolute Gasteiger partial charge is 0.434 e. The minimum atomic E-state index is -0.921. The molecule has 0 aliphatic rings. The maximum atomic E-state index is 14.2. The highest BCUT2D eigenvalue weighted by Gasteiger charge is 2.27. The van der Waals surface area contributed by atoms with Gasteiger partial charge in [0.15, 0.2) is 5.82 Å². The predicted molar refractivity (Wildman–Crippen MR) is 111 cm³/mol.